The minimum atomic E-state index is -0.147. The summed E-state index contributed by atoms with van der Waals surface area (Å²) in [5.74, 6) is 0.151. The van der Waals surface area contributed by atoms with Crippen LogP contribution in [0.3, 0.4) is 0 Å². The van der Waals surface area contributed by atoms with E-state index in [2.05, 4.69) is 0 Å². The van der Waals surface area contributed by atoms with Gasteiger partial charge < -0.3 is 23.9 Å². The molecule has 1 atom stereocenters. The molecule has 3 rings (SSSR count). The molecule has 148 valence electrons. The molecule has 8 heteroatoms. The molecule has 1 unspecified atom stereocenters. The van der Waals surface area contributed by atoms with Gasteiger partial charge in [-0.2, -0.15) is 0 Å². The van der Waals surface area contributed by atoms with Gasteiger partial charge in [0.1, 0.15) is 0 Å². The minimum Gasteiger partial charge on any atom is -0.459 e. The van der Waals surface area contributed by atoms with Crippen molar-refractivity contribution in [1.82, 2.24) is 14.7 Å². The van der Waals surface area contributed by atoms with Crippen molar-refractivity contribution in [2.75, 3.05) is 45.9 Å². The Hall–Kier alpha value is -2.35. The highest BCUT2D eigenvalue weighted by Gasteiger charge is 2.27. The number of furan rings is 1. The van der Waals surface area contributed by atoms with E-state index in [1.54, 1.807) is 26.8 Å². The molecule has 2 fully saturated rings. The summed E-state index contributed by atoms with van der Waals surface area (Å²) in [6.45, 7) is 5.19. The maximum Gasteiger partial charge on any atom is 0.289 e. The van der Waals surface area contributed by atoms with Gasteiger partial charge in [0.2, 0.25) is 11.8 Å². The molecule has 0 aliphatic carbocycles. The maximum atomic E-state index is 12.5. The van der Waals surface area contributed by atoms with Crippen molar-refractivity contribution in [3.8, 4) is 0 Å². The number of amides is 3. The van der Waals surface area contributed by atoms with Crippen LogP contribution in [-0.4, -0.2) is 84.4 Å². The Morgan fingerprint density at radius 2 is 1.93 bits per heavy atom. The van der Waals surface area contributed by atoms with E-state index in [-0.39, 0.29) is 23.8 Å². The minimum absolute atomic E-state index is 0.0127. The van der Waals surface area contributed by atoms with E-state index in [1.807, 2.05) is 0 Å². The zero-order chi connectivity index (χ0) is 19.2. The standard InChI is InChI=1S/C19H27N3O5/c1-15(23)22(14-16-4-2-12-26-16)7-6-18(24)20-8-10-21(11-9-20)19(25)17-5-3-13-27-17/h3,5,13,16H,2,4,6-12,14H2,1H3. The van der Waals surface area contributed by atoms with Crippen molar-refractivity contribution in [1.29, 1.82) is 0 Å². The summed E-state index contributed by atoms with van der Waals surface area (Å²) in [4.78, 5) is 41.8. The van der Waals surface area contributed by atoms with Crippen LogP contribution in [0.25, 0.3) is 0 Å². The third-order valence-corrected chi connectivity index (χ3v) is 5.14. The van der Waals surface area contributed by atoms with Crippen LogP contribution < -0.4 is 0 Å². The number of carbonyl (C=O) groups excluding carboxylic acids is 3. The van der Waals surface area contributed by atoms with Crippen molar-refractivity contribution in [3.63, 3.8) is 0 Å². The predicted molar refractivity (Wildman–Crippen MR) is 97.0 cm³/mol. The van der Waals surface area contributed by atoms with Gasteiger partial charge in [0, 0.05) is 59.2 Å². The second kappa shape index (κ2) is 9.03. The lowest BCUT2D eigenvalue weighted by Crippen LogP contribution is -2.51. The molecule has 0 radical (unpaired) electrons. The summed E-state index contributed by atoms with van der Waals surface area (Å²) >= 11 is 0. The Kier molecular flexibility index (Phi) is 6.49. The average Bonchev–Trinajstić information content (AvgIpc) is 3.38. The van der Waals surface area contributed by atoms with E-state index < -0.39 is 0 Å². The smallest absolute Gasteiger partial charge is 0.289 e. The summed E-state index contributed by atoms with van der Waals surface area (Å²) in [5, 5.41) is 0. The maximum absolute atomic E-state index is 12.5. The van der Waals surface area contributed by atoms with Crippen molar-refractivity contribution in [2.24, 2.45) is 0 Å². The fourth-order valence-corrected chi connectivity index (χ4v) is 3.52. The van der Waals surface area contributed by atoms with Gasteiger partial charge in [-0.1, -0.05) is 0 Å². The summed E-state index contributed by atoms with van der Waals surface area (Å²) < 4.78 is 10.7. The van der Waals surface area contributed by atoms with E-state index in [0.717, 1.165) is 19.4 Å². The van der Waals surface area contributed by atoms with Crippen molar-refractivity contribution in [3.05, 3.63) is 24.2 Å². The molecule has 1 aromatic rings. The fraction of sp³-hybridized carbons (Fsp3) is 0.632. The van der Waals surface area contributed by atoms with Crippen molar-refractivity contribution in [2.45, 2.75) is 32.3 Å². The first-order valence-corrected chi connectivity index (χ1v) is 9.52. The summed E-state index contributed by atoms with van der Waals surface area (Å²) in [6, 6.07) is 3.33. The molecule has 1 aromatic heterocycles. The highest BCUT2D eigenvalue weighted by atomic mass is 16.5. The van der Waals surface area contributed by atoms with Crippen LogP contribution in [0.4, 0.5) is 0 Å². The molecule has 0 saturated carbocycles. The normalized spacial score (nSPS) is 20.0. The summed E-state index contributed by atoms with van der Waals surface area (Å²) in [7, 11) is 0. The lowest BCUT2D eigenvalue weighted by molar-refractivity contribution is -0.135. The zero-order valence-corrected chi connectivity index (χ0v) is 15.8. The number of nitrogens with zero attached hydrogens (tertiary/aromatic N) is 3. The molecule has 2 aliphatic heterocycles. The van der Waals surface area contributed by atoms with Crippen LogP contribution in [0, 0.1) is 0 Å². The molecular weight excluding hydrogens is 350 g/mol. The van der Waals surface area contributed by atoms with E-state index in [9.17, 15) is 14.4 Å². The molecule has 2 saturated heterocycles. The van der Waals surface area contributed by atoms with Gasteiger partial charge in [0.15, 0.2) is 5.76 Å². The monoisotopic (exact) mass is 377 g/mol. The van der Waals surface area contributed by atoms with Gasteiger partial charge in [0.05, 0.1) is 12.4 Å². The SMILES string of the molecule is CC(=O)N(CCC(=O)N1CCN(C(=O)c2ccco2)CC1)CC1CCCO1. The van der Waals surface area contributed by atoms with Crippen LogP contribution in [0.1, 0.15) is 36.7 Å². The highest BCUT2D eigenvalue weighted by molar-refractivity contribution is 5.91. The van der Waals surface area contributed by atoms with Gasteiger partial charge >= 0.3 is 0 Å². The van der Waals surface area contributed by atoms with Crippen LogP contribution >= 0.6 is 0 Å². The predicted octanol–water partition coefficient (Wildman–Crippen LogP) is 0.982. The number of piperazine rings is 1. The number of carbonyl (C=O) groups is 3. The molecular formula is C19H27N3O5. The topological polar surface area (TPSA) is 83.3 Å². The Bertz CT molecular complexity index is 646. The molecule has 8 nitrogen and oxygen atoms in total. The Balaban J connectivity index is 1.43. The third-order valence-electron chi connectivity index (χ3n) is 5.14. The number of hydrogen-bond acceptors (Lipinski definition) is 5. The molecule has 3 amide bonds. The van der Waals surface area contributed by atoms with Gasteiger partial charge in [-0.25, -0.2) is 0 Å². The lowest BCUT2D eigenvalue weighted by atomic mass is 10.2. The number of hydrogen-bond donors (Lipinski definition) is 0. The van der Waals surface area contributed by atoms with Crippen LogP contribution in [0.15, 0.2) is 22.8 Å². The second-order valence-electron chi connectivity index (χ2n) is 7.00. The molecule has 0 aromatic carbocycles. The molecule has 0 N–H and O–H groups in total. The van der Waals surface area contributed by atoms with E-state index in [4.69, 9.17) is 9.15 Å². The fourth-order valence-electron chi connectivity index (χ4n) is 3.52. The number of ether oxygens (including phenoxy) is 1. The van der Waals surface area contributed by atoms with Crippen LogP contribution in [0.5, 0.6) is 0 Å². The van der Waals surface area contributed by atoms with E-state index in [1.165, 1.54) is 13.2 Å². The molecule has 0 spiro atoms. The molecule has 0 bridgehead atoms. The van der Waals surface area contributed by atoms with Crippen molar-refractivity contribution < 1.29 is 23.5 Å². The lowest BCUT2D eigenvalue weighted by Gasteiger charge is -2.35. The molecule has 27 heavy (non-hydrogen) atoms. The average molecular weight is 377 g/mol. The zero-order valence-electron chi connectivity index (χ0n) is 15.8. The first-order valence-electron chi connectivity index (χ1n) is 9.52. The van der Waals surface area contributed by atoms with Gasteiger partial charge in [-0.15, -0.1) is 0 Å². The van der Waals surface area contributed by atoms with E-state index >= 15 is 0 Å². The first-order chi connectivity index (χ1) is 13.0. The molecule has 3 heterocycles. The van der Waals surface area contributed by atoms with Crippen molar-refractivity contribution >= 4 is 17.7 Å². The Labute approximate surface area is 159 Å². The largest absolute Gasteiger partial charge is 0.459 e. The van der Waals surface area contributed by atoms with Crippen LogP contribution in [0.2, 0.25) is 0 Å². The third kappa shape index (κ3) is 5.09. The highest BCUT2D eigenvalue weighted by Crippen LogP contribution is 2.14. The Morgan fingerprint density at radius 1 is 1.19 bits per heavy atom. The van der Waals surface area contributed by atoms with Crippen LogP contribution in [-0.2, 0) is 14.3 Å². The van der Waals surface area contributed by atoms with Gasteiger partial charge in [0.25, 0.3) is 5.91 Å². The Morgan fingerprint density at radius 3 is 2.52 bits per heavy atom. The summed E-state index contributed by atoms with van der Waals surface area (Å²) in [6.07, 6.45) is 3.84. The van der Waals surface area contributed by atoms with Gasteiger partial charge in [-0.3, -0.25) is 14.4 Å². The van der Waals surface area contributed by atoms with Gasteiger partial charge in [-0.05, 0) is 25.0 Å². The van der Waals surface area contributed by atoms with E-state index in [0.29, 0.717) is 51.4 Å². The summed E-state index contributed by atoms with van der Waals surface area (Å²) in [5.41, 5.74) is 0. The molecule has 2 aliphatic rings. The quantitative estimate of drug-likeness (QED) is 0.738. The second-order valence-corrected chi connectivity index (χ2v) is 7.00. The first kappa shape index (κ1) is 19.4. The number of rotatable bonds is 6.